The van der Waals surface area contributed by atoms with Gasteiger partial charge in [0.25, 0.3) is 0 Å². The second-order valence-corrected chi connectivity index (χ2v) is 8.59. The van der Waals surface area contributed by atoms with Crippen LogP contribution < -0.4 is 10.6 Å². The molecule has 0 aliphatic carbocycles. The topological polar surface area (TPSA) is 56.7 Å². The van der Waals surface area contributed by atoms with E-state index in [0.29, 0.717) is 0 Å². The SMILES string of the molecule is CCNC(=NCC(C)(C)Cc1ccccc1)NC1CCN(C(=O)C(C)C)C1.I. The van der Waals surface area contributed by atoms with Gasteiger partial charge in [0.05, 0.1) is 0 Å². The van der Waals surface area contributed by atoms with E-state index in [1.54, 1.807) is 0 Å². The standard InChI is InChI=1S/C22H36N4O.HI/c1-6-23-21(25-19-12-13-26(15-19)20(27)17(2)3)24-16-22(4,5)14-18-10-8-7-9-11-18;/h7-11,17,19H,6,12-16H2,1-5H3,(H2,23,24,25);1H. The van der Waals surface area contributed by atoms with Gasteiger partial charge in [0, 0.05) is 38.1 Å². The average Bonchev–Trinajstić information content (AvgIpc) is 3.08. The third-order valence-corrected chi connectivity index (χ3v) is 4.87. The minimum Gasteiger partial charge on any atom is -0.357 e. The smallest absolute Gasteiger partial charge is 0.225 e. The maximum absolute atomic E-state index is 12.2. The Morgan fingerprint density at radius 2 is 1.96 bits per heavy atom. The lowest BCUT2D eigenvalue weighted by Gasteiger charge is -2.24. The lowest BCUT2D eigenvalue weighted by Crippen LogP contribution is -2.45. The van der Waals surface area contributed by atoms with Gasteiger partial charge >= 0.3 is 0 Å². The Bertz CT molecular complexity index is 631. The number of guanidine groups is 1. The van der Waals surface area contributed by atoms with Crippen LogP contribution in [0, 0.1) is 11.3 Å². The second-order valence-electron chi connectivity index (χ2n) is 8.59. The van der Waals surface area contributed by atoms with E-state index >= 15 is 0 Å². The van der Waals surface area contributed by atoms with Crippen LogP contribution in [0.5, 0.6) is 0 Å². The fraction of sp³-hybridized carbons (Fsp3) is 0.636. The molecule has 1 fully saturated rings. The monoisotopic (exact) mass is 500 g/mol. The van der Waals surface area contributed by atoms with Crippen LogP contribution in [-0.4, -0.2) is 49.0 Å². The summed E-state index contributed by atoms with van der Waals surface area (Å²) in [6.07, 6.45) is 1.97. The zero-order chi connectivity index (χ0) is 19.9. The molecule has 1 heterocycles. The van der Waals surface area contributed by atoms with Crippen LogP contribution in [0.25, 0.3) is 0 Å². The molecule has 5 nitrogen and oxygen atoms in total. The minimum absolute atomic E-state index is 0. The molecule has 0 radical (unpaired) electrons. The molecule has 0 bridgehead atoms. The van der Waals surface area contributed by atoms with Gasteiger partial charge in [-0.05, 0) is 30.7 Å². The van der Waals surface area contributed by atoms with Gasteiger partial charge in [-0.2, -0.15) is 0 Å². The highest BCUT2D eigenvalue weighted by molar-refractivity contribution is 14.0. The summed E-state index contributed by atoms with van der Waals surface area (Å²) in [6.45, 7) is 13.7. The van der Waals surface area contributed by atoms with Crippen molar-refractivity contribution in [2.24, 2.45) is 16.3 Å². The minimum atomic E-state index is 0. The molecule has 1 aromatic rings. The molecule has 0 saturated carbocycles. The van der Waals surface area contributed by atoms with Crippen LogP contribution in [0.1, 0.15) is 46.6 Å². The summed E-state index contributed by atoms with van der Waals surface area (Å²) < 4.78 is 0. The average molecular weight is 500 g/mol. The van der Waals surface area contributed by atoms with Gasteiger partial charge in [-0.1, -0.05) is 58.0 Å². The van der Waals surface area contributed by atoms with E-state index in [-0.39, 0.29) is 47.3 Å². The number of aliphatic imine (C=N–C) groups is 1. The predicted molar refractivity (Wildman–Crippen MR) is 128 cm³/mol. The Morgan fingerprint density at radius 3 is 2.57 bits per heavy atom. The Hall–Kier alpha value is -1.31. The quantitative estimate of drug-likeness (QED) is 0.341. The van der Waals surface area contributed by atoms with Crippen LogP contribution >= 0.6 is 24.0 Å². The van der Waals surface area contributed by atoms with E-state index in [0.717, 1.165) is 45.0 Å². The zero-order valence-corrected chi connectivity index (χ0v) is 20.3. The fourth-order valence-electron chi connectivity index (χ4n) is 3.45. The lowest BCUT2D eigenvalue weighted by molar-refractivity contribution is -0.133. The number of carbonyl (C=O) groups excluding carboxylic acids is 1. The third-order valence-electron chi connectivity index (χ3n) is 4.87. The highest BCUT2D eigenvalue weighted by atomic mass is 127. The number of amides is 1. The summed E-state index contributed by atoms with van der Waals surface area (Å²) in [5.41, 5.74) is 1.42. The summed E-state index contributed by atoms with van der Waals surface area (Å²) in [6, 6.07) is 10.8. The van der Waals surface area contributed by atoms with Crippen molar-refractivity contribution in [2.45, 2.75) is 53.5 Å². The molecule has 28 heavy (non-hydrogen) atoms. The molecule has 2 N–H and O–H groups in total. The van der Waals surface area contributed by atoms with Crippen molar-refractivity contribution in [3.05, 3.63) is 35.9 Å². The molecule has 1 unspecified atom stereocenters. The summed E-state index contributed by atoms with van der Waals surface area (Å²) in [4.78, 5) is 19.0. The van der Waals surface area contributed by atoms with Crippen molar-refractivity contribution in [1.29, 1.82) is 0 Å². The maximum atomic E-state index is 12.2. The molecule has 1 amide bonds. The number of nitrogens with zero attached hydrogens (tertiary/aromatic N) is 2. The molecule has 0 aromatic heterocycles. The molecule has 1 saturated heterocycles. The van der Waals surface area contributed by atoms with Crippen molar-refractivity contribution in [3.63, 3.8) is 0 Å². The summed E-state index contributed by atoms with van der Waals surface area (Å²) in [5.74, 6) is 1.15. The molecule has 1 atom stereocenters. The Labute approximate surface area is 187 Å². The molecular formula is C22H37IN4O. The Balaban J connectivity index is 0.00000392. The number of benzene rings is 1. The third kappa shape index (κ3) is 7.97. The van der Waals surface area contributed by atoms with E-state index in [1.807, 2.05) is 18.7 Å². The van der Waals surface area contributed by atoms with Crippen LogP contribution in [-0.2, 0) is 11.2 Å². The van der Waals surface area contributed by atoms with Crippen LogP contribution in [0.3, 0.4) is 0 Å². The molecule has 158 valence electrons. The lowest BCUT2D eigenvalue weighted by atomic mass is 9.86. The summed E-state index contributed by atoms with van der Waals surface area (Å²) in [7, 11) is 0. The molecular weight excluding hydrogens is 463 g/mol. The number of halogens is 1. The van der Waals surface area contributed by atoms with Crippen molar-refractivity contribution in [2.75, 3.05) is 26.2 Å². The Morgan fingerprint density at radius 1 is 1.29 bits per heavy atom. The zero-order valence-electron chi connectivity index (χ0n) is 18.0. The Kier molecular flexibility index (Phi) is 10.3. The van der Waals surface area contributed by atoms with Crippen molar-refractivity contribution < 1.29 is 4.79 Å². The van der Waals surface area contributed by atoms with Crippen LogP contribution in [0.2, 0.25) is 0 Å². The maximum Gasteiger partial charge on any atom is 0.225 e. The molecule has 1 aliphatic rings. The summed E-state index contributed by atoms with van der Waals surface area (Å²) in [5, 5.41) is 6.87. The molecule has 1 aliphatic heterocycles. The van der Waals surface area contributed by atoms with E-state index in [2.05, 4.69) is 61.7 Å². The van der Waals surface area contributed by atoms with E-state index in [9.17, 15) is 4.79 Å². The van der Waals surface area contributed by atoms with Gasteiger partial charge in [0.15, 0.2) is 5.96 Å². The molecule has 6 heteroatoms. The number of rotatable bonds is 7. The van der Waals surface area contributed by atoms with Gasteiger partial charge in [-0.3, -0.25) is 9.79 Å². The van der Waals surface area contributed by atoms with Gasteiger partial charge in [-0.25, -0.2) is 0 Å². The van der Waals surface area contributed by atoms with Crippen molar-refractivity contribution in [3.8, 4) is 0 Å². The second kappa shape index (κ2) is 11.6. The van der Waals surface area contributed by atoms with E-state index < -0.39 is 0 Å². The first-order valence-electron chi connectivity index (χ1n) is 10.2. The number of likely N-dealkylation sites (tertiary alicyclic amines) is 1. The fourth-order valence-corrected chi connectivity index (χ4v) is 3.45. The highest BCUT2D eigenvalue weighted by Gasteiger charge is 2.28. The summed E-state index contributed by atoms with van der Waals surface area (Å²) >= 11 is 0. The van der Waals surface area contributed by atoms with Crippen molar-refractivity contribution in [1.82, 2.24) is 15.5 Å². The number of carbonyl (C=O) groups is 1. The van der Waals surface area contributed by atoms with Gasteiger partial charge < -0.3 is 15.5 Å². The number of hydrogen-bond donors (Lipinski definition) is 2. The van der Waals surface area contributed by atoms with E-state index in [4.69, 9.17) is 4.99 Å². The van der Waals surface area contributed by atoms with Gasteiger partial charge in [0.2, 0.25) is 5.91 Å². The predicted octanol–water partition coefficient (Wildman–Crippen LogP) is 3.69. The number of hydrogen-bond acceptors (Lipinski definition) is 2. The van der Waals surface area contributed by atoms with E-state index in [1.165, 1.54) is 5.56 Å². The first-order valence-corrected chi connectivity index (χ1v) is 10.2. The normalized spacial score (nSPS) is 17.4. The highest BCUT2D eigenvalue weighted by Crippen LogP contribution is 2.22. The van der Waals surface area contributed by atoms with Crippen LogP contribution in [0.15, 0.2) is 35.3 Å². The van der Waals surface area contributed by atoms with Gasteiger partial charge in [0.1, 0.15) is 0 Å². The first kappa shape index (κ1) is 24.7. The molecule has 2 rings (SSSR count). The van der Waals surface area contributed by atoms with Gasteiger partial charge in [-0.15, -0.1) is 24.0 Å². The molecule has 1 aromatic carbocycles. The van der Waals surface area contributed by atoms with Crippen LogP contribution in [0.4, 0.5) is 0 Å². The molecule has 0 spiro atoms. The van der Waals surface area contributed by atoms with Crippen molar-refractivity contribution >= 4 is 35.8 Å². The largest absolute Gasteiger partial charge is 0.357 e. The first-order chi connectivity index (χ1) is 12.8. The number of nitrogens with one attached hydrogen (secondary N) is 2.